The van der Waals surface area contributed by atoms with Crippen LogP contribution in [0.25, 0.3) is 0 Å². The Morgan fingerprint density at radius 2 is 2.09 bits per heavy atom. The number of aromatic nitrogens is 2. The van der Waals surface area contributed by atoms with Gasteiger partial charge in [-0.05, 0) is 36.6 Å². The summed E-state index contributed by atoms with van der Waals surface area (Å²) in [7, 11) is -1.96. The molecule has 2 aliphatic rings. The first-order valence-electron chi connectivity index (χ1n) is 7.43. The summed E-state index contributed by atoms with van der Waals surface area (Å²) in [6.07, 6.45) is 3.34. The molecule has 1 N–H and O–H groups in total. The molecule has 0 fully saturated rings. The molecule has 0 unspecified atom stereocenters. The minimum atomic E-state index is -3.66. The fourth-order valence-electron chi connectivity index (χ4n) is 3.21. The molecule has 1 aromatic carbocycles. The fourth-order valence-corrected chi connectivity index (χ4v) is 4.78. The van der Waals surface area contributed by atoms with Crippen molar-refractivity contribution in [3.05, 3.63) is 35.7 Å². The van der Waals surface area contributed by atoms with Crippen molar-refractivity contribution in [1.82, 2.24) is 10.2 Å². The van der Waals surface area contributed by atoms with Crippen molar-refractivity contribution in [1.29, 1.82) is 0 Å². The van der Waals surface area contributed by atoms with E-state index in [9.17, 15) is 13.2 Å². The largest absolute Gasteiger partial charge is 0.315 e. The van der Waals surface area contributed by atoms with Crippen LogP contribution >= 0.6 is 0 Å². The van der Waals surface area contributed by atoms with Crippen LogP contribution in [0.15, 0.2) is 29.3 Å². The Labute approximate surface area is 134 Å². The zero-order chi connectivity index (χ0) is 16.2. The minimum absolute atomic E-state index is 0.0235. The van der Waals surface area contributed by atoms with E-state index in [0.29, 0.717) is 12.2 Å². The lowest BCUT2D eigenvalue weighted by Gasteiger charge is -2.27. The normalized spacial score (nSPS) is 17.3. The molecule has 4 rings (SSSR count). The number of hydrogen-bond donors (Lipinski definition) is 1. The molecule has 2 aromatic rings. The number of aromatic amines is 1. The van der Waals surface area contributed by atoms with E-state index < -0.39 is 10.0 Å². The van der Waals surface area contributed by atoms with Gasteiger partial charge in [0.2, 0.25) is 5.91 Å². The Morgan fingerprint density at radius 1 is 1.26 bits per heavy atom. The highest BCUT2D eigenvalue weighted by molar-refractivity contribution is 7.92. The van der Waals surface area contributed by atoms with Gasteiger partial charge in [-0.15, -0.1) is 0 Å². The van der Waals surface area contributed by atoms with Gasteiger partial charge in [0.25, 0.3) is 10.0 Å². The van der Waals surface area contributed by atoms with Crippen LogP contribution in [0.1, 0.15) is 17.7 Å². The molecule has 1 amide bonds. The molecule has 7 nitrogen and oxygen atoms in total. The molecule has 0 aliphatic carbocycles. The number of hydrogen-bond acceptors (Lipinski definition) is 4. The lowest BCUT2D eigenvalue weighted by molar-refractivity contribution is -0.117. The predicted octanol–water partition coefficient (Wildman–Crippen LogP) is 1.07. The quantitative estimate of drug-likeness (QED) is 0.891. The van der Waals surface area contributed by atoms with E-state index in [1.165, 1.54) is 4.31 Å². The van der Waals surface area contributed by atoms with Crippen LogP contribution in [-0.4, -0.2) is 38.1 Å². The molecule has 0 radical (unpaired) electrons. The Hall–Kier alpha value is -2.35. The maximum atomic E-state index is 13.0. The number of nitrogens with one attached hydrogen (secondary N) is 1. The van der Waals surface area contributed by atoms with E-state index in [0.717, 1.165) is 29.8 Å². The molecular formula is C15H16N4O3S. The summed E-state index contributed by atoms with van der Waals surface area (Å²) in [4.78, 5) is 13.5. The van der Waals surface area contributed by atoms with Crippen LogP contribution in [0.5, 0.6) is 0 Å². The average molecular weight is 332 g/mol. The SMILES string of the molecule is CN1C(=O)Cc2cc(S(=O)(=O)N3CCCc4[nH]ncc43)ccc21. The van der Waals surface area contributed by atoms with Crippen molar-refractivity contribution >= 4 is 27.3 Å². The van der Waals surface area contributed by atoms with Gasteiger partial charge in [-0.3, -0.25) is 14.2 Å². The van der Waals surface area contributed by atoms with Gasteiger partial charge >= 0.3 is 0 Å². The summed E-state index contributed by atoms with van der Waals surface area (Å²) in [6, 6.07) is 4.88. The Kier molecular flexibility index (Phi) is 2.99. The van der Waals surface area contributed by atoms with Gasteiger partial charge < -0.3 is 4.90 Å². The first-order chi connectivity index (χ1) is 11.0. The highest BCUT2D eigenvalue weighted by Crippen LogP contribution is 2.34. The summed E-state index contributed by atoms with van der Waals surface area (Å²) in [5.74, 6) is -0.0235. The summed E-state index contributed by atoms with van der Waals surface area (Å²) < 4.78 is 27.4. The summed E-state index contributed by atoms with van der Waals surface area (Å²) >= 11 is 0. The van der Waals surface area contributed by atoms with Crippen LogP contribution in [0.2, 0.25) is 0 Å². The van der Waals surface area contributed by atoms with Crippen LogP contribution < -0.4 is 9.21 Å². The van der Waals surface area contributed by atoms with Gasteiger partial charge in [-0.1, -0.05) is 0 Å². The Balaban J connectivity index is 1.77. The lowest BCUT2D eigenvalue weighted by Crippen LogP contribution is -2.35. The molecule has 0 bridgehead atoms. The molecular weight excluding hydrogens is 316 g/mol. The zero-order valence-corrected chi connectivity index (χ0v) is 13.4. The van der Waals surface area contributed by atoms with Crippen molar-refractivity contribution in [2.24, 2.45) is 0 Å². The molecule has 120 valence electrons. The van der Waals surface area contributed by atoms with Crippen molar-refractivity contribution in [3.8, 4) is 0 Å². The number of carbonyl (C=O) groups excluding carboxylic acids is 1. The van der Waals surface area contributed by atoms with E-state index in [-0.39, 0.29) is 17.2 Å². The molecule has 23 heavy (non-hydrogen) atoms. The second-order valence-corrected chi connectivity index (χ2v) is 7.70. The number of H-pyrrole nitrogens is 1. The number of carbonyl (C=O) groups is 1. The molecule has 0 saturated carbocycles. The summed E-state index contributed by atoms with van der Waals surface area (Å²) in [6.45, 7) is 0.435. The molecule has 2 aliphatic heterocycles. The molecule has 8 heteroatoms. The highest BCUT2D eigenvalue weighted by Gasteiger charge is 2.32. The molecule has 0 spiro atoms. The van der Waals surface area contributed by atoms with Crippen LogP contribution in [0.4, 0.5) is 11.4 Å². The van der Waals surface area contributed by atoms with Gasteiger partial charge in [0.15, 0.2) is 0 Å². The number of rotatable bonds is 2. The minimum Gasteiger partial charge on any atom is -0.315 e. The second-order valence-electron chi connectivity index (χ2n) is 5.83. The average Bonchev–Trinajstić information content (AvgIpc) is 3.12. The van der Waals surface area contributed by atoms with Crippen LogP contribution in [-0.2, 0) is 27.7 Å². The fraction of sp³-hybridized carbons (Fsp3) is 0.333. The second kappa shape index (κ2) is 4.82. The molecule has 0 atom stereocenters. The number of anilines is 2. The maximum Gasteiger partial charge on any atom is 0.264 e. The van der Waals surface area contributed by atoms with E-state index in [1.54, 1.807) is 36.3 Å². The van der Waals surface area contributed by atoms with Crippen molar-refractivity contribution < 1.29 is 13.2 Å². The highest BCUT2D eigenvalue weighted by atomic mass is 32.2. The number of aryl methyl sites for hydroxylation is 1. The Morgan fingerprint density at radius 3 is 2.91 bits per heavy atom. The number of fused-ring (bicyclic) bond motifs is 2. The standard InChI is InChI=1S/C15H16N4O3S/c1-18-13-5-4-11(7-10(13)8-15(18)20)23(21,22)19-6-2-3-12-14(19)9-16-17-12/h4-5,7,9H,2-3,6,8H2,1H3,(H,16,17). The third kappa shape index (κ3) is 2.05. The van der Waals surface area contributed by atoms with Gasteiger partial charge in [0, 0.05) is 19.3 Å². The van der Waals surface area contributed by atoms with E-state index >= 15 is 0 Å². The van der Waals surface area contributed by atoms with Crippen molar-refractivity contribution in [2.45, 2.75) is 24.2 Å². The monoisotopic (exact) mass is 332 g/mol. The van der Waals surface area contributed by atoms with Gasteiger partial charge in [-0.25, -0.2) is 8.42 Å². The maximum absolute atomic E-state index is 13.0. The lowest BCUT2D eigenvalue weighted by atomic mass is 10.1. The van der Waals surface area contributed by atoms with E-state index in [4.69, 9.17) is 0 Å². The molecule has 3 heterocycles. The zero-order valence-electron chi connectivity index (χ0n) is 12.6. The molecule has 1 aromatic heterocycles. The Bertz CT molecular complexity index is 903. The van der Waals surface area contributed by atoms with Gasteiger partial charge in [0.1, 0.15) is 0 Å². The third-order valence-electron chi connectivity index (χ3n) is 4.47. The number of nitrogens with zero attached hydrogens (tertiary/aromatic N) is 3. The van der Waals surface area contributed by atoms with Crippen molar-refractivity contribution in [3.63, 3.8) is 0 Å². The van der Waals surface area contributed by atoms with Crippen LogP contribution in [0.3, 0.4) is 0 Å². The van der Waals surface area contributed by atoms with Crippen molar-refractivity contribution in [2.75, 3.05) is 22.8 Å². The topological polar surface area (TPSA) is 86.4 Å². The van der Waals surface area contributed by atoms with E-state index in [2.05, 4.69) is 10.2 Å². The number of benzene rings is 1. The molecule has 0 saturated heterocycles. The van der Waals surface area contributed by atoms with Crippen LogP contribution in [0, 0.1) is 0 Å². The first-order valence-corrected chi connectivity index (χ1v) is 8.87. The third-order valence-corrected chi connectivity index (χ3v) is 6.28. The first kappa shape index (κ1) is 14.3. The number of sulfonamides is 1. The number of amides is 1. The summed E-state index contributed by atoms with van der Waals surface area (Å²) in [5, 5.41) is 6.81. The smallest absolute Gasteiger partial charge is 0.264 e. The predicted molar refractivity (Wildman–Crippen MR) is 85.0 cm³/mol. The summed E-state index contributed by atoms with van der Waals surface area (Å²) in [5.41, 5.74) is 2.99. The van der Waals surface area contributed by atoms with Gasteiger partial charge in [-0.2, -0.15) is 5.10 Å². The van der Waals surface area contributed by atoms with E-state index in [1.807, 2.05) is 0 Å². The van der Waals surface area contributed by atoms with Gasteiger partial charge in [0.05, 0.1) is 28.9 Å². The number of likely N-dealkylation sites (N-methyl/N-ethyl adjacent to an activating group) is 1.